The minimum absolute atomic E-state index is 0.0493. The Bertz CT molecular complexity index is 651. The Labute approximate surface area is 139 Å². The van der Waals surface area contributed by atoms with Crippen LogP contribution in [0.2, 0.25) is 0 Å². The van der Waals surface area contributed by atoms with Gasteiger partial charge in [0.1, 0.15) is 0 Å². The van der Waals surface area contributed by atoms with Gasteiger partial charge in [-0.1, -0.05) is 25.0 Å². The highest BCUT2D eigenvalue weighted by Crippen LogP contribution is 2.41. The molecule has 3 rings (SSSR count). The molecule has 0 radical (unpaired) electrons. The summed E-state index contributed by atoms with van der Waals surface area (Å²) in [5, 5.41) is 7.22. The summed E-state index contributed by atoms with van der Waals surface area (Å²) in [5.41, 5.74) is 1.36. The van der Waals surface area contributed by atoms with Gasteiger partial charge in [-0.2, -0.15) is 11.3 Å². The van der Waals surface area contributed by atoms with Crippen LogP contribution in [0.1, 0.15) is 31.2 Å². The van der Waals surface area contributed by atoms with Crippen molar-refractivity contribution in [3.63, 3.8) is 0 Å². The van der Waals surface area contributed by atoms with Crippen LogP contribution in [0, 0.1) is 5.82 Å². The minimum Gasteiger partial charge on any atom is -0.481 e. The lowest BCUT2D eigenvalue weighted by Gasteiger charge is -2.28. The van der Waals surface area contributed by atoms with Gasteiger partial charge in [0.2, 0.25) is 0 Å². The lowest BCUT2D eigenvalue weighted by molar-refractivity contribution is -0.123. The third kappa shape index (κ3) is 3.72. The first-order valence-corrected chi connectivity index (χ1v) is 8.81. The monoisotopic (exact) mass is 333 g/mol. The van der Waals surface area contributed by atoms with Gasteiger partial charge in [0.25, 0.3) is 5.91 Å². The summed E-state index contributed by atoms with van der Waals surface area (Å²) in [6, 6.07) is 8.26. The Morgan fingerprint density at radius 3 is 2.74 bits per heavy atom. The maximum atomic E-state index is 13.5. The van der Waals surface area contributed by atoms with Gasteiger partial charge >= 0.3 is 0 Å². The molecule has 1 saturated carbocycles. The number of nitrogens with one attached hydrogen (secondary N) is 1. The molecule has 3 nitrogen and oxygen atoms in total. The number of para-hydroxylation sites is 1. The summed E-state index contributed by atoms with van der Waals surface area (Å²) in [7, 11) is 0. The van der Waals surface area contributed by atoms with Crippen molar-refractivity contribution in [3.8, 4) is 5.75 Å². The first-order valence-electron chi connectivity index (χ1n) is 7.86. The van der Waals surface area contributed by atoms with Gasteiger partial charge in [0.15, 0.2) is 18.2 Å². The maximum absolute atomic E-state index is 13.5. The van der Waals surface area contributed by atoms with Gasteiger partial charge < -0.3 is 10.1 Å². The summed E-state index contributed by atoms with van der Waals surface area (Å²) in [5.74, 6) is -0.559. The van der Waals surface area contributed by atoms with Crippen LogP contribution in [-0.2, 0) is 10.2 Å². The highest BCUT2D eigenvalue weighted by Gasteiger charge is 2.36. The first-order chi connectivity index (χ1) is 11.2. The van der Waals surface area contributed by atoms with Crippen LogP contribution >= 0.6 is 11.3 Å². The van der Waals surface area contributed by atoms with E-state index in [-0.39, 0.29) is 23.7 Å². The van der Waals surface area contributed by atoms with Gasteiger partial charge in [-0.25, -0.2) is 4.39 Å². The van der Waals surface area contributed by atoms with E-state index in [9.17, 15) is 9.18 Å². The first kappa shape index (κ1) is 16.0. The molecule has 122 valence electrons. The second-order valence-corrected chi connectivity index (χ2v) is 6.78. The molecule has 0 spiro atoms. The fourth-order valence-electron chi connectivity index (χ4n) is 3.21. The van der Waals surface area contributed by atoms with Gasteiger partial charge in [-0.05, 0) is 47.4 Å². The fraction of sp³-hybridized carbons (Fsp3) is 0.389. The molecule has 0 atom stereocenters. The quantitative estimate of drug-likeness (QED) is 0.871. The van der Waals surface area contributed by atoms with Gasteiger partial charge in [-0.3, -0.25) is 4.79 Å². The molecule has 0 unspecified atom stereocenters. The summed E-state index contributed by atoms with van der Waals surface area (Å²) in [4.78, 5) is 12.0. The van der Waals surface area contributed by atoms with Crippen molar-refractivity contribution in [1.82, 2.24) is 5.32 Å². The van der Waals surface area contributed by atoms with Crippen molar-refractivity contribution in [1.29, 1.82) is 0 Å². The molecule has 1 aromatic heterocycles. The average molecular weight is 333 g/mol. The van der Waals surface area contributed by atoms with E-state index in [4.69, 9.17) is 4.74 Å². The van der Waals surface area contributed by atoms with Crippen LogP contribution in [-0.4, -0.2) is 19.1 Å². The summed E-state index contributed by atoms with van der Waals surface area (Å²) in [6.07, 6.45) is 4.57. The number of benzene rings is 1. The van der Waals surface area contributed by atoms with E-state index >= 15 is 0 Å². The van der Waals surface area contributed by atoms with Crippen LogP contribution in [0.25, 0.3) is 0 Å². The summed E-state index contributed by atoms with van der Waals surface area (Å²) < 4.78 is 18.7. The highest BCUT2D eigenvalue weighted by atomic mass is 32.1. The van der Waals surface area contributed by atoms with Crippen molar-refractivity contribution in [2.75, 3.05) is 13.2 Å². The maximum Gasteiger partial charge on any atom is 0.257 e. The number of amides is 1. The smallest absolute Gasteiger partial charge is 0.257 e. The van der Waals surface area contributed by atoms with E-state index in [1.54, 1.807) is 23.5 Å². The number of carbonyl (C=O) groups is 1. The Balaban J connectivity index is 1.55. The number of hydrogen-bond donors (Lipinski definition) is 1. The lowest BCUT2D eigenvalue weighted by Crippen LogP contribution is -2.40. The van der Waals surface area contributed by atoms with Crippen LogP contribution in [0.4, 0.5) is 4.39 Å². The van der Waals surface area contributed by atoms with Gasteiger partial charge in [0.05, 0.1) is 0 Å². The minimum atomic E-state index is -0.453. The summed E-state index contributed by atoms with van der Waals surface area (Å²) >= 11 is 1.69. The largest absolute Gasteiger partial charge is 0.481 e. The zero-order valence-electron chi connectivity index (χ0n) is 12.9. The molecule has 0 bridgehead atoms. The molecule has 0 aliphatic heterocycles. The van der Waals surface area contributed by atoms with Crippen molar-refractivity contribution >= 4 is 17.2 Å². The fourth-order valence-corrected chi connectivity index (χ4v) is 3.99. The molecule has 1 N–H and O–H groups in total. The number of thiophene rings is 1. The van der Waals surface area contributed by atoms with Crippen LogP contribution < -0.4 is 10.1 Å². The number of ether oxygens (including phenoxy) is 1. The molecule has 1 amide bonds. The molecule has 1 aromatic carbocycles. The number of rotatable bonds is 6. The van der Waals surface area contributed by atoms with Crippen molar-refractivity contribution in [2.24, 2.45) is 0 Å². The molecule has 2 aromatic rings. The van der Waals surface area contributed by atoms with Crippen LogP contribution in [0.15, 0.2) is 41.1 Å². The van der Waals surface area contributed by atoms with Crippen molar-refractivity contribution < 1.29 is 13.9 Å². The zero-order chi connectivity index (χ0) is 16.1. The molecule has 1 aliphatic carbocycles. The molecular weight excluding hydrogens is 313 g/mol. The Morgan fingerprint density at radius 2 is 2.04 bits per heavy atom. The third-order valence-corrected chi connectivity index (χ3v) is 5.20. The molecular formula is C18H20FNO2S. The standard InChI is InChI=1S/C18H20FNO2S/c19-15-5-1-2-6-16(15)22-11-17(21)20-13-18(8-3-4-9-18)14-7-10-23-12-14/h1-2,5-7,10,12H,3-4,8-9,11,13H2,(H,20,21). The Hall–Kier alpha value is -1.88. The van der Waals surface area contributed by atoms with Crippen molar-refractivity contribution in [3.05, 3.63) is 52.5 Å². The topological polar surface area (TPSA) is 38.3 Å². The Kier molecular flexibility index (Phi) is 4.96. The number of hydrogen-bond acceptors (Lipinski definition) is 3. The van der Waals surface area contributed by atoms with Crippen LogP contribution in [0.5, 0.6) is 5.75 Å². The van der Waals surface area contributed by atoms with E-state index in [0.717, 1.165) is 12.8 Å². The second kappa shape index (κ2) is 7.13. The second-order valence-electron chi connectivity index (χ2n) is 6.00. The molecule has 1 aliphatic rings. The zero-order valence-corrected chi connectivity index (χ0v) is 13.7. The summed E-state index contributed by atoms with van der Waals surface area (Å²) in [6.45, 7) is 0.448. The number of halogens is 1. The molecule has 5 heteroatoms. The third-order valence-electron chi connectivity index (χ3n) is 4.51. The van der Waals surface area contributed by atoms with E-state index in [1.165, 1.54) is 30.5 Å². The van der Waals surface area contributed by atoms with E-state index < -0.39 is 5.82 Å². The molecule has 23 heavy (non-hydrogen) atoms. The van der Waals surface area contributed by atoms with Gasteiger partial charge in [-0.15, -0.1) is 0 Å². The lowest BCUT2D eigenvalue weighted by atomic mass is 9.80. The van der Waals surface area contributed by atoms with E-state index in [0.29, 0.717) is 6.54 Å². The van der Waals surface area contributed by atoms with Gasteiger partial charge in [0, 0.05) is 12.0 Å². The predicted octanol–water partition coefficient (Wildman–Crippen LogP) is 3.89. The molecule has 0 saturated heterocycles. The highest BCUT2D eigenvalue weighted by molar-refractivity contribution is 7.08. The Morgan fingerprint density at radius 1 is 1.26 bits per heavy atom. The molecule has 1 fully saturated rings. The number of carbonyl (C=O) groups excluding carboxylic acids is 1. The normalized spacial score (nSPS) is 16.2. The van der Waals surface area contributed by atoms with Crippen LogP contribution in [0.3, 0.4) is 0 Å². The average Bonchev–Trinajstić information content (AvgIpc) is 3.24. The van der Waals surface area contributed by atoms with E-state index in [2.05, 4.69) is 22.1 Å². The SMILES string of the molecule is O=C(COc1ccccc1F)NCC1(c2ccsc2)CCCC1. The molecule has 1 heterocycles. The predicted molar refractivity (Wildman–Crippen MR) is 89.4 cm³/mol. The van der Waals surface area contributed by atoms with Crippen molar-refractivity contribution in [2.45, 2.75) is 31.1 Å². The van der Waals surface area contributed by atoms with E-state index in [1.807, 2.05) is 0 Å².